The molecule has 1 atom stereocenters. The van der Waals surface area contributed by atoms with Crippen LogP contribution < -0.4 is 10.1 Å². The molecule has 4 heteroatoms. The molecular formula is C16H15F2NO. The van der Waals surface area contributed by atoms with Crippen molar-refractivity contribution in [1.82, 2.24) is 5.32 Å². The summed E-state index contributed by atoms with van der Waals surface area (Å²) < 4.78 is 31.6. The molecule has 0 aromatic heterocycles. The van der Waals surface area contributed by atoms with Crippen molar-refractivity contribution in [2.75, 3.05) is 6.54 Å². The van der Waals surface area contributed by atoms with E-state index in [0.717, 1.165) is 16.9 Å². The largest absolute Gasteiger partial charge is 0.488 e. The summed E-state index contributed by atoms with van der Waals surface area (Å²) in [7, 11) is 0. The molecule has 20 heavy (non-hydrogen) atoms. The van der Waals surface area contributed by atoms with Gasteiger partial charge in [0.15, 0.2) is 0 Å². The van der Waals surface area contributed by atoms with E-state index in [2.05, 4.69) is 5.32 Å². The summed E-state index contributed by atoms with van der Waals surface area (Å²) in [6.45, 7) is 1.33. The minimum Gasteiger partial charge on any atom is -0.488 e. The van der Waals surface area contributed by atoms with Crippen LogP contribution in [0.3, 0.4) is 0 Å². The highest BCUT2D eigenvalue weighted by molar-refractivity contribution is 5.37. The van der Waals surface area contributed by atoms with Crippen LogP contribution in [0, 0.1) is 11.6 Å². The number of halogens is 2. The van der Waals surface area contributed by atoms with E-state index < -0.39 is 0 Å². The fourth-order valence-corrected chi connectivity index (χ4v) is 2.38. The van der Waals surface area contributed by atoms with Gasteiger partial charge in [-0.15, -0.1) is 0 Å². The first kappa shape index (κ1) is 13.1. The summed E-state index contributed by atoms with van der Waals surface area (Å²) in [4.78, 5) is 0. The number of ether oxygens (including phenoxy) is 1. The first-order valence-corrected chi connectivity index (χ1v) is 6.61. The first-order valence-electron chi connectivity index (χ1n) is 6.61. The van der Waals surface area contributed by atoms with Crippen molar-refractivity contribution in [3.63, 3.8) is 0 Å². The van der Waals surface area contributed by atoms with Gasteiger partial charge in [-0.05, 0) is 35.9 Å². The van der Waals surface area contributed by atoms with Crippen molar-refractivity contribution >= 4 is 0 Å². The van der Waals surface area contributed by atoms with E-state index >= 15 is 0 Å². The molecule has 0 aliphatic carbocycles. The predicted molar refractivity (Wildman–Crippen MR) is 72.6 cm³/mol. The molecule has 2 aromatic rings. The lowest BCUT2D eigenvalue weighted by atomic mass is 10.1. The second-order valence-corrected chi connectivity index (χ2v) is 4.95. The van der Waals surface area contributed by atoms with Crippen LogP contribution in [-0.4, -0.2) is 12.6 Å². The Morgan fingerprint density at radius 3 is 2.60 bits per heavy atom. The maximum atomic E-state index is 13.1. The lowest BCUT2D eigenvalue weighted by Gasteiger charge is -2.11. The van der Waals surface area contributed by atoms with E-state index in [0.29, 0.717) is 19.5 Å². The van der Waals surface area contributed by atoms with Gasteiger partial charge in [0.25, 0.3) is 0 Å². The summed E-state index contributed by atoms with van der Waals surface area (Å²) in [5, 5.41) is 3.27. The van der Waals surface area contributed by atoms with Crippen molar-refractivity contribution in [2.24, 2.45) is 0 Å². The third-order valence-corrected chi connectivity index (χ3v) is 3.38. The Morgan fingerprint density at radius 2 is 1.80 bits per heavy atom. The highest BCUT2D eigenvalue weighted by Gasteiger charge is 2.22. The quantitative estimate of drug-likeness (QED) is 0.926. The fourth-order valence-electron chi connectivity index (χ4n) is 2.38. The zero-order chi connectivity index (χ0) is 13.9. The zero-order valence-electron chi connectivity index (χ0n) is 10.9. The molecule has 1 aliphatic heterocycles. The molecule has 3 rings (SSSR count). The predicted octanol–water partition coefficient (Wildman–Crippen LogP) is 3.06. The Bertz CT molecular complexity index is 598. The number of hydrogen-bond donors (Lipinski definition) is 1. The lowest BCUT2D eigenvalue weighted by Crippen LogP contribution is -2.29. The van der Waals surface area contributed by atoms with Gasteiger partial charge < -0.3 is 10.1 Å². The van der Waals surface area contributed by atoms with Gasteiger partial charge in [0.1, 0.15) is 23.5 Å². The molecule has 0 amide bonds. The summed E-state index contributed by atoms with van der Waals surface area (Å²) in [6, 6.07) is 11.0. The van der Waals surface area contributed by atoms with E-state index in [4.69, 9.17) is 4.74 Å². The molecule has 1 heterocycles. The van der Waals surface area contributed by atoms with Gasteiger partial charge in [0, 0.05) is 25.1 Å². The van der Waals surface area contributed by atoms with Crippen LogP contribution in [0.1, 0.15) is 11.1 Å². The van der Waals surface area contributed by atoms with Crippen LogP contribution in [0.2, 0.25) is 0 Å². The van der Waals surface area contributed by atoms with Crippen molar-refractivity contribution in [2.45, 2.75) is 19.1 Å². The smallest absolute Gasteiger partial charge is 0.123 e. The molecule has 1 aliphatic rings. The average molecular weight is 275 g/mol. The Balaban J connectivity index is 1.50. The number of benzene rings is 2. The lowest BCUT2D eigenvalue weighted by molar-refractivity contribution is 0.227. The molecule has 0 saturated carbocycles. The molecule has 0 fully saturated rings. The van der Waals surface area contributed by atoms with E-state index in [-0.39, 0.29) is 17.7 Å². The molecule has 0 saturated heterocycles. The van der Waals surface area contributed by atoms with Gasteiger partial charge in [0.05, 0.1) is 0 Å². The Morgan fingerprint density at radius 1 is 1.05 bits per heavy atom. The van der Waals surface area contributed by atoms with E-state index in [1.165, 1.54) is 24.3 Å². The third-order valence-electron chi connectivity index (χ3n) is 3.38. The van der Waals surface area contributed by atoms with Crippen LogP contribution in [0.25, 0.3) is 0 Å². The van der Waals surface area contributed by atoms with Gasteiger partial charge in [-0.3, -0.25) is 0 Å². The average Bonchev–Trinajstić information content (AvgIpc) is 2.83. The standard InChI is InChI=1S/C16H15F2NO/c17-13-3-1-11(2-4-13)9-19-10-15-8-12-7-14(18)5-6-16(12)20-15/h1-7,15,19H,8-10H2. The number of fused-ring (bicyclic) bond motifs is 1. The molecule has 2 aromatic carbocycles. The topological polar surface area (TPSA) is 21.3 Å². The van der Waals surface area contributed by atoms with Crippen LogP contribution in [0.15, 0.2) is 42.5 Å². The van der Waals surface area contributed by atoms with Gasteiger partial charge in [-0.2, -0.15) is 0 Å². The Kier molecular flexibility index (Phi) is 3.65. The van der Waals surface area contributed by atoms with Crippen LogP contribution in [0.4, 0.5) is 8.78 Å². The van der Waals surface area contributed by atoms with Crippen LogP contribution >= 0.6 is 0 Å². The Labute approximate surface area is 116 Å². The summed E-state index contributed by atoms with van der Waals surface area (Å²) >= 11 is 0. The second-order valence-electron chi connectivity index (χ2n) is 4.95. The molecule has 1 N–H and O–H groups in total. The summed E-state index contributed by atoms with van der Waals surface area (Å²) in [5.41, 5.74) is 1.94. The van der Waals surface area contributed by atoms with Crippen molar-refractivity contribution < 1.29 is 13.5 Å². The number of nitrogens with one attached hydrogen (secondary N) is 1. The maximum absolute atomic E-state index is 13.1. The monoisotopic (exact) mass is 275 g/mol. The van der Waals surface area contributed by atoms with Crippen molar-refractivity contribution in [1.29, 1.82) is 0 Å². The molecule has 0 radical (unpaired) electrons. The SMILES string of the molecule is Fc1ccc(CNCC2Cc3cc(F)ccc3O2)cc1. The Hall–Kier alpha value is -1.94. The van der Waals surface area contributed by atoms with Crippen LogP contribution in [-0.2, 0) is 13.0 Å². The van der Waals surface area contributed by atoms with Crippen molar-refractivity contribution in [3.8, 4) is 5.75 Å². The normalized spacial score (nSPS) is 16.8. The van der Waals surface area contributed by atoms with Crippen LogP contribution in [0.5, 0.6) is 5.75 Å². The first-order chi connectivity index (χ1) is 9.70. The van der Waals surface area contributed by atoms with E-state index in [1.807, 2.05) is 0 Å². The van der Waals surface area contributed by atoms with Gasteiger partial charge in [-0.25, -0.2) is 8.78 Å². The third kappa shape index (κ3) is 2.96. The molecule has 104 valence electrons. The molecule has 2 nitrogen and oxygen atoms in total. The van der Waals surface area contributed by atoms with E-state index in [9.17, 15) is 8.78 Å². The zero-order valence-corrected chi connectivity index (χ0v) is 10.9. The molecular weight excluding hydrogens is 260 g/mol. The highest BCUT2D eigenvalue weighted by atomic mass is 19.1. The van der Waals surface area contributed by atoms with Gasteiger partial charge in [0.2, 0.25) is 0 Å². The molecule has 0 bridgehead atoms. The maximum Gasteiger partial charge on any atom is 0.123 e. The minimum absolute atomic E-state index is 0.0206. The summed E-state index contributed by atoms with van der Waals surface area (Å²) in [6.07, 6.45) is 0.732. The van der Waals surface area contributed by atoms with Gasteiger partial charge >= 0.3 is 0 Å². The van der Waals surface area contributed by atoms with Crippen molar-refractivity contribution in [3.05, 3.63) is 65.2 Å². The number of rotatable bonds is 4. The summed E-state index contributed by atoms with van der Waals surface area (Å²) in [5.74, 6) is 0.303. The fraction of sp³-hybridized carbons (Fsp3) is 0.250. The van der Waals surface area contributed by atoms with Gasteiger partial charge in [-0.1, -0.05) is 12.1 Å². The molecule has 1 unspecified atom stereocenters. The minimum atomic E-state index is -0.231. The number of hydrogen-bond acceptors (Lipinski definition) is 2. The highest BCUT2D eigenvalue weighted by Crippen LogP contribution is 2.28. The van der Waals surface area contributed by atoms with E-state index in [1.54, 1.807) is 18.2 Å². The molecule has 0 spiro atoms. The second kappa shape index (κ2) is 5.59.